The molecule has 3 unspecified atom stereocenters. The highest BCUT2D eigenvalue weighted by molar-refractivity contribution is 9.10. The van der Waals surface area contributed by atoms with Gasteiger partial charge in [0, 0.05) is 34.7 Å². The fourth-order valence-electron chi connectivity index (χ4n) is 3.43. The number of benzene rings is 1. The smallest absolute Gasteiger partial charge is 0.0464 e. The zero-order chi connectivity index (χ0) is 13.4. The van der Waals surface area contributed by atoms with Crippen LogP contribution in [0.2, 0.25) is 5.02 Å². The molecule has 104 valence electrons. The Hall–Kier alpha value is -0.0900. The number of likely N-dealkylation sites (tertiary alicyclic amines) is 1. The third-order valence-corrected chi connectivity index (χ3v) is 5.41. The summed E-state index contributed by atoms with van der Waals surface area (Å²) in [4.78, 5) is 2.57. The molecule has 2 fully saturated rings. The van der Waals surface area contributed by atoms with Gasteiger partial charge in [-0.25, -0.2) is 0 Å². The van der Waals surface area contributed by atoms with Crippen molar-refractivity contribution in [1.82, 2.24) is 10.2 Å². The zero-order valence-electron chi connectivity index (χ0n) is 11.2. The second-order valence-corrected chi connectivity index (χ2v) is 7.08. The monoisotopic (exact) mass is 342 g/mol. The van der Waals surface area contributed by atoms with Gasteiger partial charge in [-0.1, -0.05) is 33.6 Å². The number of rotatable bonds is 2. The summed E-state index contributed by atoms with van der Waals surface area (Å²) in [6, 6.07) is 7.30. The Balaban J connectivity index is 1.75. The molecule has 0 radical (unpaired) electrons. The predicted molar refractivity (Wildman–Crippen MR) is 83.7 cm³/mol. The van der Waals surface area contributed by atoms with Crippen molar-refractivity contribution < 1.29 is 0 Å². The molecular formula is C15H20BrClN2. The van der Waals surface area contributed by atoms with Crippen LogP contribution in [0.5, 0.6) is 0 Å². The SMILES string of the molecule is CC(c1ccc(Br)cc1Cl)N1CC2CCCNC2C1. The molecule has 0 bridgehead atoms. The van der Waals surface area contributed by atoms with E-state index in [0.29, 0.717) is 12.1 Å². The highest BCUT2D eigenvalue weighted by Gasteiger charge is 2.36. The van der Waals surface area contributed by atoms with Crippen molar-refractivity contribution in [2.45, 2.75) is 31.8 Å². The van der Waals surface area contributed by atoms with Gasteiger partial charge in [-0.15, -0.1) is 0 Å². The first-order chi connectivity index (χ1) is 9.15. The lowest BCUT2D eigenvalue weighted by Gasteiger charge is -2.25. The maximum atomic E-state index is 6.38. The number of hydrogen-bond donors (Lipinski definition) is 1. The molecule has 2 nitrogen and oxygen atoms in total. The molecule has 2 heterocycles. The molecule has 2 saturated heterocycles. The van der Waals surface area contributed by atoms with Crippen LogP contribution in [0, 0.1) is 5.92 Å². The molecule has 0 spiro atoms. The number of piperidine rings is 1. The standard InChI is InChI=1S/C15H20BrClN2/c1-10(13-5-4-12(16)7-14(13)17)19-8-11-3-2-6-18-15(11)9-19/h4-5,7,10-11,15,18H,2-3,6,8-9H2,1H3. The summed E-state index contributed by atoms with van der Waals surface area (Å²) < 4.78 is 1.05. The normalized spacial score (nSPS) is 29.2. The fraction of sp³-hybridized carbons (Fsp3) is 0.600. The highest BCUT2D eigenvalue weighted by atomic mass is 79.9. The summed E-state index contributed by atoms with van der Waals surface area (Å²) in [6.45, 7) is 5.80. The number of halogens is 2. The van der Waals surface area contributed by atoms with Crippen molar-refractivity contribution >= 4 is 27.5 Å². The quantitative estimate of drug-likeness (QED) is 0.877. The van der Waals surface area contributed by atoms with Crippen LogP contribution in [-0.2, 0) is 0 Å². The molecule has 1 aromatic carbocycles. The van der Waals surface area contributed by atoms with E-state index in [1.165, 1.54) is 31.5 Å². The molecule has 2 aliphatic heterocycles. The van der Waals surface area contributed by atoms with Crippen molar-refractivity contribution in [1.29, 1.82) is 0 Å². The molecule has 19 heavy (non-hydrogen) atoms. The molecule has 3 rings (SSSR count). The summed E-state index contributed by atoms with van der Waals surface area (Å²) in [7, 11) is 0. The summed E-state index contributed by atoms with van der Waals surface area (Å²) in [5.41, 5.74) is 1.24. The molecule has 0 amide bonds. The van der Waals surface area contributed by atoms with Crippen LogP contribution >= 0.6 is 27.5 Å². The van der Waals surface area contributed by atoms with Crippen molar-refractivity contribution in [3.63, 3.8) is 0 Å². The summed E-state index contributed by atoms with van der Waals surface area (Å²) >= 11 is 9.85. The number of nitrogens with one attached hydrogen (secondary N) is 1. The minimum Gasteiger partial charge on any atom is -0.312 e. The predicted octanol–water partition coefficient (Wildman–Crippen LogP) is 3.85. The van der Waals surface area contributed by atoms with E-state index in [0.717, 1.165) is 22.0 Å². The fourth-order valence-corrected chi connectivity index (χ4v) is 4.26. The van der Waals surface area contributed by atoms with Gasteiger partial charge in [0.2, 0.25) is 0 Å². The zero-order valence-corrected chi connectivity index (χ0v) is 13.5. The van der Waals surface area contributed by atoms with Gasteiger partial charge in [-0.05, 0) is 49.9 Å². The Morgan fingerprint density at radius 1 is 1.42 bits per heavy atom. The van der Waals surface area contributed by atoms with Crippen LogP contribution in [0.25, 0.3) is 0 Å². The second-order valence-electron chi connectivity index (χ2n) is 5.76. The molecule has 3 atom stereocenters. The minimum atomic E-state index is 0.396. The number of hydrogen-bond acceptors (Lipinski definition) is 2. The van der Waals surface area contributed by atoms with E-state index < -0.39 is 0 Å². The van der Waals surface area contributed by atoms with E-state index >= 15 is 0 Å². The Morgan fingerprint density at radius 2 is 2.26 bits per heavy atom. The summed E-state index contributed by atoms with van der Waals surface area (Å²) in [5.74, 6) is 0.824. The first-order valence-electron chi connectivity index (χ1n) is 7.07. The van der Waals surface area contributed by atoms with Crippen LogP contribution in [-0.4, -0.2) is 30.6 Å². The van der Waals surface area contributed by atoms with E-state index in [2.05, 4.69) is 45.2 Å². The molecule has 1 N–H and O–H groups in total. The molecule has 0 aromatic heterocycles. The van der Waals surface area contributed by atoms with E-state index in [1.807, 2.05) is 6.07 Å². The van der Waals surface area contributed by atoms with Crippen molar-refractivity contribution in [3.05, 3.63) is 33.3 Å². The van der Waals surface area contributed by atoms with Crippen LogP contribution < -0.4 is 5.32 Å². The van der Waals surface area contributed by atoms with Gasteiger partial charge in [-0.2, -0.15) is 0 Å². The molecular weight excluding hydrogens is 324 g/mol. The van der Waals surface area contributed by atoms with Crippen LogP contribution in [0.3, 0.4) is 0 Å². The van der Waals surface area contributed by atoms with Gasteiger partial charge in [0.25, 0.3) is 0 Å². The molecule has 4 heteroatoms. The van der Waals surface area contributed by atoms with Crippen molar-refractivity contribution in [3.8, 4) is 0 Å². The Morgan fingerprint density at radius 3 is 3.00 bits per heavy atom. The maximum absolute atomic E-state index is 6.38. The topological polar surface area (TPSA) is 15.3 Å². The minimum absolute atomic E-state index is 0.396. The van der Waals surface area contributed by atoms with E-state index in [1.54, 1.807) is 0 Å². The van der Waals surface area contributed by atoms with Gasteiger partial charge in [0.1, 0.15) is 0 Å². The molecule has 2 aliphatic rings. The van der Waals surface area contributed by atoms with Crippen LogP contribution in [0.1, 0.15) is 31.4 Å². The third-order valence-electron chi connectivity index (χ3n) is 4.59. The highest BCUT2D eigenvalue weighted by Crippen LogP contribution is 2.34. The average molecular weight is 344 g/mol. The van der Waals surface area contributed by atoms with E-state index in [-0.39, 0.29) is 0 Å². The Labute approximate surface area is 128 Å². The average Bonchev–Trinajstić information content (AvgIpc) is 2.81. The van der Waals surface area contributed by atoms with E-state index in [9.17, 15) is 0 Å². The van der Waals surface area contributed by atoms with Crippen molar-refractivity contribution in [2.75, 3.05) is 19.6 Å². The lowest BCUT2D eigenvalue weighted by Crippen LogP contribution is -2.40. The van der Waals surface area contributed by atoms with Gasteiger partial charge in [0.05, 0.1) is 0 Å². The van der Waals surface area contributed by atoms with Crippen molar-refractivity contribution in [2.24, 2.45) is 5.92 Å². The largest absolute Gasteiger partial charge is 0.312 e. The Bertz CT molecular complexity index is 451. The van der Waals surface area contributed by atoms with Crippen LogP contribution in [0.4, 0.5) is 0 Å². The molecule has 0 saturated carbocycles. The van der Waals surface area contributed by atoms with E-state index in [4.69, 9.17) is 11.6 Å². The first-order valence-corrected chi connectivity index (χ1v) is 8.24. The van der Waals surface area contributed by atoms with Gasteiger partial charge >= 0.3 is 0 Å². The second kappa shape index (κ2) is 5.72. The molecule has 1 aromatic rings. The van der Waals surface area contributed by atoms with Crippen LogP contribution in [0.15, 0.2) is 22.7 Å². The first kappa shape index (κ1) is 13.9. The number of nitrogens with zero attached hydrogens (tertiary/aromatic N) is 1. The summed E-state index contributed by atoms with van der Waals surface area (Å²) in [5, 5.41) is 4.52. The Kier molecular flexibility index (Phi) is 4.18. The lowest BCUT2D eigenvalue weighted by molar-refractivity contribution is 0.251. The third kappa shape index (κ3) is 2.85. The number of fused-ring (bicyclic) bond motifs is 1. The van der Waals surface area contributed by atoms with Gasteiger partial charge in [0.15, 0.2) is 0 Å². The van der Waals surface area contributed by atoms with Gasteiger partial charge in [-0.3, -0.25) is 4.90 Å². The lowest BCUT2D eigenvalue weighted by atomic mass is 9.94. The molecule has 0 aliphatic carbocycles. The maximum Gasteiger partial charge on any atom is 0.0464 e. The van der Waals surface area contributed by atoms with Gasteiger partial charge < -0.3 is 5.32 Å². The summed E-state index contributed by atoms with van der Waals surface area (Å²) in [6.07, 6.45) is 2.69.